The van der Waals surface area contributed by atoms with E-state index < -0.39 is 31.4 Å². The Hall–Kier alpha value is -0.890. The highest BCUT2D eigenvalue weighted by molar-refractivity contribution is 5.75. The molecule has 1 rings (SSSR count). The third kappa shape index (κ3) is 3.31. The van der Waals surface area contributed by atoms with E-state index in [1.54, 1.807) is 0 Å². The Bertz CT molecular complexity index is 218. The quantitative estimate of drug-likeness (QED) is 0.370. The lowest BCUT2D eigenvalue weighted by Crippen LogP contribution is -2.60. The maximum absolute atomic E-state index is 11.5. The first-order valence-electron chi connectivity index (χ1n) is 5.15. The summed E-state index contributed by atoms with van der Waals surface area (Å²) in [7, 11) is 0. The summed E-state index contributed by atoms with van der Waals surface area (Å²) in [6, 6.07) is -0.596. The molecule has 7 nitrogen and oxygen atoms in total. The highest BCUT2D eigenvalue weighted by Gasteiger charge is 2.30. The van der Waals surface area contributed by atoms with Crippen LogP contribution in [0, 0.1) is 0 Å². The first-order valence-corrected chi connectivity index (χ1v) is 5.15. The first kappa shape index (κ1) is 13.2. The Morgan fingerprint density at radius 1 is 1.31 bits per heavy atom. The van der Waals surface area contributed by atoms with Gasteiger partial charge < -0.3 is 30.7 Å². The molecule has 94 valence electrons. The van der Waals surface area contributed by atoms with Gasteiger partial charge in [-0.25, -0.2) is 4.79 Å². The van der Waals surface area contributed by atoms with Crippen molar-refractivity contribution in [1.82, 2.24) is 10.6 Å². The summed E-state index contributed by atoms with van der Waals surface area (Å²) >= 11 is 0. The third-order valence-electron chi connectivity index (χ3n) is 2.55. The standard InChI is InChI=1S/C9H18N2O5/c12-4-9(5-13,6-14)11-8(15)10-7-1-2-16-3-7/h7,12-14H,1-6H2,(H2,10,11,15). The smallest absolute Gasteiger partial charge is 0.315 e. The van der Waals surface area contributed by atoms with Crippen LogP contribution in [0.25, 0.3) is 0 Å². The molecule has 5 N–H and O–H groups in total. The number of carbonyl (C=O) groups is 1. The largest absolute Gasteiger partial charge is 0.394 e. The number of rotatable bonds is 5. The highest BCUT2D eigenvalue weighted by atomic mass is 16.5. The molecule has 1 heterocycles. The van der Waals surface area contributed by atoms with Crippen LogP contribution in [0.2, 0.25) is 0 Å². The molecule has 0 aromatic carbocycles. The molecule has 0 aromatic rings. The van der Waals surface area contributed by atoms with Gasteiger partial charge in [0, 0.05) is 6.61 Å². The number of ether oxygens (including phenoxy) is 1. The van der Waals surface area contributed by atoms with Gasteiger partial charge in [0.2, 0.25) is 0 Å². The van der Waals surface area contributed by atoms with Gasteiger partial charge in [-0.15, -0.1) is 0 Å². The van der Waals surface area contributed by atoms with Crippen LogP contribution in [0.4, 0.5) is 4.79 Å². The van der Waals surface area contributed by atoms with Crippen molar-refractivity contribution in [3.63, 3.8) is 0 Å². The van der Waals surface area contributed by atoms with E-state index in [2.05, 4.69) is 10.6 Å². The average molecular weight is 234 g/mol. The molecule has 2 amide bonds. The van der Waals surface area contributed by atoms with Crippen molar-refractivity contribution in [3.8, 4) is 0 Å². The Balaban J connectivity index is 2.41. The Labute approximate surface area is 93.4 Å². The lowest BCUT2D eigenvalue weighted by Gasteiger charge is -2.29. The number of nitrogens with one attached hydrogen (secondary N) is 2. The molecule has 1 aliphatic heterocycles. The summed E-state index contributed by atoms with van der Waals surface area (Å²) in [5.41, 5.74) is -1.39. The molecule has 1 saturated heterocycles. The van der Waals surface area contributed by atoms with Gasteiger partial charge in [-0.3, -0.25) is 0 Å². The maximum Gasteiger partial charge on any atom is 0.315 e. The number of urea groups is 1. The molecular weight excluding hydrogens is 216 g/mol. The van der Waals surface area contributed by atoms with E-state index in [0.717, 1.165) is 6.42 Å². The molecule has 16 heavy (non-hydrogen) atoms. The first-order chi connectivity index (χ1) is 7.65. The minimum atomic E-state index is -1.39. The Morgan fingerprint density at radius 3 is 2.38 bits per heavy atom. The van der Waals surface area contributed by atoms with Crippen molar-refractivity contribution in [1.29, 1.82) is 0 Å². The number of aliphatic hydroxyl groups excluding tert-OH is 3. The van der Waals surface area contributed by atoms with E-state index in [9.17, 15) is 4.79 Å². The van der Waals surface area contributed by atoms with E-state index in [0.29, 0.717) is 13.2 Å². The van der Waals surface area contributed by atoms with Gasteiger partial charge >= 0.3 is 6.03 Å². The second-order valence-corrected chi connectivity index (χ2v) is 3.91. The molecule has 0 saturated carbocycles. The zero-order valence-corrected chi connectivity index (χ0v) is 8.98. The van der Waals surface area contributed by atoms with Crippen LogP contribution >= 0.6 is 0 Å². The zero-order valence-electron chi connectivity index (χ0n) is 8.98. The van der Waals surface area contributed by atoms with Crippen molar-refractivity contribution in [2.75, 3.05) is 33.0 Å². The number of hydrogen-bond donors (Lipinski definition) is 5. The van der Waals surface area contributed by atoms with Gasteiger partial charge in [0.05, 0.1) is 32.5 Å². The molecule has 0 radical (unpaired) electrons. The molecule has 0 spiro atoms. The second-order valence-electron chi connectivity index (χ2n) is 3.91. The molecule has 1 atom stereocenters. The lowest BCUT2D eigenvalue weighted by atomic mass is 10.0. The normalized spacial score (nSPS) is 20.8. The monoisotopic (exact) mass is 234 g/mol. The van der Waals surface area contributed by atoms with Crippen molar-refractivity contribution < 1.29 is 24.9 Å². The summed E-state index contributed by atoms with van der Waals surface area (Å²) in [6.07, 6.45) is 0.734. The van der Waals surface area contributed by atoms with Gasteiger partial charge in [-0.1, -0.05) is 0 Å². The minimum absolute atomic E-state index is 0.0613. The molecule has 1 aliphatic rings. The van der Waals surface area contributed by atoms with Gasteiger partial charge in [0.15, 0.2) is 0 Å². The average Bonchev–Trinajstić information content (AvgIpc) is 2.79. The topological polar surface area (TPSA) is 111 Å². The van der Waals surface area contributed by atoms with E-state index >= 15 is 0 Å². The van der Waals surface area contributed by atoms with E-state index in [1.807, 2.05) is 0 Å². The number of hydrogen-bond acceptors (Lipinski definition) is 5. The predicted octanol–water partition coefficient (Wildman–Crippen LogP) is -2.21. The van der Waals surface area contributed by atoms with E-state index in [1.165, 1.54) is 0 Å². The van der Waals surface area contributed by atoms with Crippen LogP contribution in [0.5, 0.6) is 0 Å². The van der Waals surface area contributed by atoms with Gasteiger partial charge in [0.1, 0.15) is 5.54 Å². The molecular formula is C9H18N2O5. The fraction of sp³-hybridized carbons (Fsp3) is 0.889. The van der Waals surface area contributed by atoms with Crippen molar-refractivity contribution in [2.45, 2.75) is 18.0 Å². The van der Waals surface area contributed by atoms with Crippen LogP contribution in [0.15, 0.2) is 0 Å². The van der Waals surface area contributed by atoms with E-state index in [4.69, 9.17) is 20.1 Å². The Kier molecular flexibility index (Phi) is 4.94. The Morgan fingerprint density at radius 2 is 1.94 bits per heavy atom. The van der Waals surface area contributed by atoms with Crippen molar-refractivity contribution >= 4 is 6.03 Å². The predicted molar refractivity (Wildman–Crippen MR) is 54.9 cm³/mol. The number of amides is 2. The number of aliphatic hydroxyl groups is 3. The summed E-state index contributed by atoms with van der Waals surface area (Å²) in [4.78, 5) is 11.5. The minimum Gasteiger partial charge on any atom is -0.394 e. The van der Waals surface area contributed by atoms with Crippen molar-refractivity contribution in [3.05, 3.63) is 0 Å². The number of carbonyl (C=O) groups excluding carboxylic acids is 1. The summed E-state index contributed by atoms with van der Waals surface area (Å²) < 4.78 is 5.08. The van der Waals surface area contributed by atoms with Gasteiger partial charge in [-0.2, -0.15) is 0 Å². The summed E-state index contributed by atoms with van der Waals surface area (Å²) in [5, 5.41) is 32.0. The van der Waals surface area contributed by atoms with E-state index in [-0.39, 0.29) is 6.04 Å². The second kappa shape index (κ2) is 6.00. The van der Waals surface area contributed by atoms with Crippen LogP contribution in [-0.2, 0) is 4.74 Å². The van der Waals surface area contributed by atoms with Crippen molar-refractivity contribution in [2.24, 2.45) is 0 Å². The molecule has 7 heteroatoms. The summed E-state index contributed by atoms with van der Waals surface area (Å²) in [5.74, 6) is 0. The fourth-order valence-corrected chi connectivity index (χ4v) is 1.38. The molecule has 1 fully saturated rings. The summed E-state index contributed by atoms with van der Waals surface area (Å²) in [6.45, 7) is -0.536. The van der Waals surface area contributed by atoms with Gasteiger partial charge in [-0.05, 0) is 6.42 Å². The third-order valence-corrected chi connectivity index (χ3v) is 2.55. The van der Waals surface area contributed by atoms with Crippen LogP contribution in [-0.4, -0.2) is 66.0 Å². The SMILES string of the molecule is O=C(NC1CCOC1)NC(CO)(CO)CO. The highest BCUT2D eigenvalue weighted by Crippen LogP contribution is 2.05. The molecule has 1 unspecified atom stereocenters. The fourth-order valence-electron chi connectivity index (χ4n) is 1.38. The zero-order chi connectivity index (χ0) is 12.0. The van der Waals surface area contributed by atoms with Crippen LogP contribution in [0.3, 0.4) is 0 Å². The van der Waals surface area contributed by atoms with Crippen LogP contribution < -0.4 is 10.6 Å². The molecule has 0 aliphatic carbocycles. The van der Waals surface area contributed by atoms with Gasteiger partial charge in [0.25, 0.3) is 0 Å². The lowest BCUT2D eigenvalue weighted by molar-refractivity contribution is 0.0489. The molecule has 0 bridgehead atoms. The van der Waals surface area contributed by atoms with Crippen LogP contribution in [0.1, 0.15) is 6.42 Å². The molecule has 0 aromatic heterocycles. The maximum atomic E-state index is 11.5.